The van der Waals surface area contributed by atoms with E-state index in [9.17, 15) is 4.79 Å². The summed E-state index contributed by atoms with van der Waals surface area (Å²) in [6.07, 6.45) is 0. The average Bonchev–Trinajstić information content (AvgIpc) is 2.32. The lowest BCUT2D eigenvalue weighted by Crippen LogP contribution is -2.01. The zero-order chi connectivity index (χ0) is 13.1. The van der Waals surface area contributed by atoms with E-state index in [1.807, 2.05) is 31.2 Å². The second-order valence-corrected chi connectivity index (χ2v) is 5.02. The highest BCUT2D eigenvalue weighted by Crippen LogP contribution is 2.29. The molecule has 0 aliphatic heterocycles. The molecule has 1 heterocycles. The van der Waals surface area contributed by atoms with Gasteiger partial charge in [-0.3, -0.25) is 0 Å². The maximum atomic E-state index is 10.9. The number of hydrogen-bond acceptors (Lipinski definition) is 3. The number of hydrogen-bond donors (Lipinski definition) is 1. The normalized spacial score (nSPS) is 10.3. The lowest BCUT2D eigenvalue weighted by atomic mass is 10.2. The van der Waals surface area contributed by atoms with Crippen LogP contribution >= 0.6 is 11.8 Å². The monoisotopic (exact) mass is 259 g/mol. The van der Waals surface area contributed by atoms with Crippen LogP contribution in [0.15, 0.2) is 46.3 Å². The first-order valence-electron chi connectivity index (χ1n) is 5.52. The van der Waals surface area contributed by atoms with Crippen LogP contribution in [0, 0.1) is 13.8 Å². The van der Waals surface area contributed by atoms with Crippen LogP contribution in [0.5, 0.6) is 0 Å². The van der Waals surface area contributed by atoms with Gasteiger partial charge in [0.25, 0.3) is 0 Å². The Hall–Kier alpha value is -1.81. The van der Waals surface area contributed by atoms with Gasteiger partial charge in [-0.15, -0.1) is 0 Å². The van der Waals surface area contributed by atoms with Gasteiger partial charge in [-0.2, -0.15) is 0 Å². The molecule has 1 aromatic heterocycles. The summed E-state index contributed by atoms with van der Waals surface area (Å²) in [6, 6.07) is 11.4. The molecule has 0 radical (unpaired) electrons. The Balaban J connectivity index is 2.29. The van der Waals surface area contributed by atoms with Crippen molar-refractivity contribution in [3.8, 4) is 0 Å². The van der Waals surface area contributed by atoms with Crippen molar-refractivity contribution < 1.29 is 9.90 Å². The summed E-state index contributed by atoms with van der Waals surface area (Å²) < 4.78 is 0. The number of pyridine rings is 1. The minimum atomic E-state index is -0.938. The first-order chi connectivity index (χ1) is 8.58. The van der Waals surface area contributed by atoms with Crippen LogP contribution in [-0.2, 0) is 0 Å². The lowest BCUT2D eigenvalue weighted by molar-refractivity contribution is 0.0695. The van der Waals surface area contributed by atoms with E-state index >= 15 is 0 Å². The third kappa shape index (κ3) is 2.71. The van der Waals surface area contributed by atoms with Crippen molar-refractivity contribution in [1.29, 1.82) is 0 Å². The zero-order valence-electron chi connectivity index (χ0n) is 10.2. The number of carbonyl (C=O) groups is 1. The number of nitrogens with zero attached hydrogens (tertiary/aromatic N) is 1. The van der Waals surface area contributed by atoms with Gasteiger partial charge in [-0.25, -0.2) is 9.78 Å². The van der Waals surface area contributed by atoms with Crippen LogP contribution in [0.2, 0.25) is 0 Å². The molecule has 18 heavy (non-hydrogen) atoms. The van der Waals surface area contributed by atoms with Gasteiger partial charge >= 0.3 is 5.97 Å². The molecule has 0 bridgehead atoms. The summed E-state index contributed by atoms with van der Waals surface area (Å²) in [6.45, 7) is 3.76. The van der Waals surface area contributed by atoms with Crippen molar-refractivity contribution >= 4 is 17.7 Å². The molecule has 3 nitrogen and oxygen atoms in total. The van der Waals surface area contributed by atoms with E-state index in [1.54, 1.807) is 30.8 Å². The predicted octanol–water partition coefficient (Wildman–Crippen LogP) is 3.55. The molecule has 0 aliphatic carbocycles. The summed E-state index contributed by atoms with van der Waals surface area (Å²) in [5, 5.41) is 9.76. The predicted molar refractivity (Wildman–Crippen MR) is 71.2 cm³/mol. The minimum absolute atomic E-state index is 0.254. The molecule has 0 amide bonds. The molecule has 0 fully saturated rings. The molecule has 2 aromatic rings. The van der Waals surface area contributed by atoms with Gasteiger partial charge in [0, 0.05) is 4.90 Å². The number of carboxylic acids is 1. The number of aromatic carboxylic acids is 1. The molecule has 0 unspecified atom stereocenters. The second kappa shape index (κ2) is 5.23. The van der Waals surface area contributed by atoms with Crippen LogP contribution in [0.1, 0.15) is 21.6 Å². The lowest BCUT2D eigenvalue weighted by Gasteiger charge is -2.06. The summed E-state index contributed by atoms with van der Waals surface area (Å²) in [4.78, 5) is 16.3. The number of aryl methyl sites for hydroxylation is 2. The molecule has 2 rings (SSSR count). The fraction of sp³-hybridized carbons (Fsp3) is 0.143. The van der Waals surface area contributed by atoms with E-state index in [0.29, 0.717) is 5.69 Å². The molecule has 0 aliphatic rings. The second-order valence-electron chi connectivity index (χ2n) is 3.96. The molecular weight excluding hydrogens is 246 g/mol. The Bertz CT molecular complexity index is 596. The number of rotatable bonds is 3. The smallest absolute Gasteiger partial charge is 0.337 e. The van der Waals surface area contributed by atoms with E-state index in [4.69, 9.17) is 5.11 Å². The van der Waals surface area contributed by atoms with Gasteiger partial charge in [0.1, 0.15) is 5.03 Å². The van der Waals surface area contributed by atoms with Crippen molar-refractivity contribution in [2.24, 2.45) is 0 Å². The molecule has 1 aromatic carbocycles. The van der Waals surface area contributed by atoms with Gasteiger partial charge in [0.05, 0.1) is 11.3 Å². The molecule has 0 saturated heterocycles. The first kappa shape index (κ1) is 12.6. The van der Waals surface area contributed by atoms with E-state index < -0.39 is 5.97 Å². The summed E-state index contributed by atoms with van der Waals surface area (Å²) in [7, 11) is 0. The van der Waals surface area contributed by atoms with E-state index in [-0.39, 0.29) is 5.56 Å². The quantitative estimate of drug-likeness (QED) is 0.915. The van der Waals surface area contributed by atoms with Crippen LogP contribution in [-0.4, -0.2) is 16.1 Å². The summed E-state index contributed by atoms with van der Waals surface area (Å²) >= 11 is 1.54. The number of benzene rings is 1. The Morgan fingerprint density at radius 3 is 2.50 bits per heavy atom. The zero-order valence-corrected chi connectivity index (χ0v) is 11.0. The molecule has 0 saturated carbocycles. The van der Waals surface area contributed by atoms with E-state index in [0.717, 1.165) is 9.92 Å². The highest BCUT2D eigenvalue weighted by molar-refractivity contribution is 7.99. The highest BCUT2D eigenvalue weighted by atomic mass is 32.2. The Morgan fingerprint density at radius 2 is 1.89 bits per heavy atom. The van der Waals surface area contributed by atoms with Crippen LogP contribution in [0.3, 0.4) is 0 Å². The third-order valence-corrected chi connectivity index (χ3v) is 3.71. The third-order valence-electron chi connectivity index (χ3n) is 2.60. The van der Waals surface area contributed by atoms with Gasteiger partial charge in [0.15, 0.2) is 0 Å². The fourth-order valence-corrected chi connectivity index (χ4v) is 2.52. The van der Waals surface area contributed by atoms with Crippen molar-refractivity contribution in [3.05, 3.63) is 53.2 Å². The molecule has 4 heteroatoms. The van der Waals surface area contributed by atoms with Crippen LogP contribution < -0.4 is 0 Å². The molecule has 0 atom stereocenters. The topological polar surface area (TPSA) is 50.2 Å². The molecular formula is C14H13NO2S. The standard InChI is InChI=1S/C14H13NO2S/c1-9-5-3-4-6-12(9)18-13-8-7-11(14(16)17)10(2)15-13/h3-8H,1-2H3,(H,16,17). The Kier molecular flexibility index (Phi) is 3.67. The molecule has 1 N–H and O–H groups in total. The average molecular weight is 259 g/mol. The van der Waals surface area contributed by atoms with E-state index in [2.05, 4.69) is 4.98 Å². The van der Waals surface area contributed by atoms with Crippen molar-refractivity contribution in [3.63, 3.8) is 0 Å². The maximum Gasteiger partial charge on any atom is 0.337 e. The SMILES string of the molecule is Cc1ccccc1Sc1ccc(C(=O)O)c(C)n1. The van der Waals surface area contributed by atoms with E-state index in [1.165, 1.54) is 5.56 Å². The van der Waals surface area contributed by atoms with Crippen molar-refractivity contribution in [2.45, 2.75) is 23.8 Å². The number of aromatic nitrogens is 1. The molecule has 0 spiro atoms. The maximum absolute atomic E-state index is 10.9. The Labute approximate surface area is 110 Å². The van der Waals surface area contributed by atoms with Gasteiger partial charge in [0.2, 0.25) is 0 Å². The summed E-state index contributed by atoms with van der Waals surface area (Å²) in [5.74, 6) is -0.938. The van der Waals surface area contributed by atoms with Crippen molar-refractivity contribution in [2.75, 3.05) is 0 Å². The largest absolute Gasteiger partial charge is 0.478 e. The highest BCUT2D eigenvalue weighted by Gasteiger charge is 2.09. The first-order valence-corrected chi connectivity index (χ1v) is 6.34. The summed E-state index contributed by atoms with van der Waals surface area (Å²) in [5.41, 5.74) is 1.98. The van der Waals surface area contributed by atoms with Gasteiger partial charge in [-0.05, 0) is 37.6 Å². The Morgan fingerprint density at radius 1 is 1.17 bits per heavy atom. The molecule has 92 valence electrons. The number of carboxylic acid groups (broad SMARTS) is 1. The van der Waals surface area contributed by atoms with Crippen LogP contribution in [0.4, 0.5) is 0 Å². The van der Waals surface area contributed by atoms with Crippen molar-refractivity contribution in [1.82, 2.24) is 4.98 Å². The van der Waals surface area contributed by atoms with Gasteiger partial charge < -0.3 is 5.11 Å². The fourth-order valence-electron chi connectivity index (χ4n) is 1.60. The van der Waals surface area contributed by atoms with Gasteiger partial charge in [-0.1, -0.05) is 30.0 Å². The minimum Gasteiger partial charge on any atom is -0.478 e. The van der Waals surface area contributed by atoms with Crippen LogP contribution in [0.25, 0.3) is 0 Å².